The van der Waals surface area contributed by atoms with Crippen LogP contribution in [-0.4, -0.2) is 31.7 Å². The summed E-state index contributed by atoms with van der Waals surface area (Å²) >= 11 is 0. The maximum absolute atomic E-state index is 12.8. The molecule has 27 heavy (non-hydrogen) atoms. The van der Waals surface area contributed by atoms with Crippen molar-refractivity contribution in [3.63, 3.8) is 0 Å². The van der Waals surface area contributed by atoms with Gasteiger partial charge in [-0.2, -0.15) is 9.57 Å². The maximum Gasteiger partial charge on any atom is 0.251 e. The average Bonchev–Trinajstić information content (AvgIpc) is 2.73. The van der Waals surface area contributed by atoms with Crippen molar-refractivity contribution in [2.75, 3.05) is 13.1 Å². The Balaban J connectivity index is 1.70. The van der Waals surface area contributed by atoms with Crippen LogP contribution in [0.5, 0.6) is 0 Å². The first-order valence-corrected chi connectivity index (χ1v) is 10.3. The Hall–Kier alpha value is -2.69. The average molecular weight is 383 g/mol. The highest BCUT2D eigenvalue weighted by atomic mass is 32.2. The Labute approximate surface area is 159 Å². The standard InChI is InChI=1S/C20H21N3O3S/c21-14-16-7-9-17(10-8-16)15-22-20(24)18-5-4-6-19(13-18)27(25,26)23-11-2-1-3-12-23/h4-10,13H,1-3,11-12,15H2,(H,22,24). The van der Waals surface area contributed by atoms with Crippen LogP contribution in [0.3, 0.4) is 0 Å². The van der Waals surface area contributed by atoms with E-state index in [-0.39, 0.29) is 10.8 Å². The van der Waals surface area contributed by atoms with Crippen LogP contribution in [0, 0.1) is 11.3 Å². The molecule has 0 aromatic heterocycles. The number of hydrogen-bond acceptors (Lipinski definition) is 4. The van der Waals surface area contributed by atoms with Gasteiger partial charge in [-0.3, -0.25) is 4.79 Å². The minimum atomic E-state index is -3.57. The van der Waals surface area contributed by atoms with Crippen molar-refractivity contribution in [2.24, 2.45) is 0 Å². The summed E-state index contributed by atoms with van der Waals surface area (Å²) in [6.07, 6.45) is 2.78. The van der Waals surface area contributed by atoms with Crippen LogP contribution in [0.25, 0.3) is 0 Å². The third-order valence-corrected chi connectivity index (χ3v) is 6.48. The molecular weight excluding hydrogens is 362 g/mol. The molecule has 140 valence electrons. The highest BCUT2D eigenvalue weighted by molar-refractivity contribution is 7.89. The smallest absolute Gasteiger partial charge is 0.251 e. The van der Waals surface area contributed by atoms with Crippen molar-refractivity contribution in [1.82, 2.24) is 9.62 Å². The molecule has 6 nitrogen and oxygen atoms in total. The van der Waals surface area contributed by atoms with Gasteiger partial charge in [0.25, 0.3) is 5.91 Å². The molecule has 2 aromatic rings. The Kier molecular flexibility index (Phi) is 5.89. The molecule has 1 heterocycles. The number of nitriles is 1. The molecule has 0 saturated carbocycles. The zero-order valence-electron chi connectivity index (χ0n) is 14.9. The molecule has 1 aliphatic rings. The van der Waals surface area contributed by atoms with E-state index in [9.17, 15) is 13.2 Å². The zero-order valence-corrected chi connectivity index (χ0v) is 15.7. The molecular formula is C20H21N3O3S. The second kappa shape index (κ2) is 8.33. The number of nitrogens with zero attached hydrogens (tertiary/aromatic N) is 2. The molecule has 0 spiro atoms. The van der Waals surface area contributed by atoms with Crippen molar-refractivity contribution in [3.05, 3.63) is 65.2 Å². The summed E-state index contributed by atoms with van der Waals surface area (Å²) in [6.45, 7) is 1.35. The van der Waals surface area contributed by atoms with Crippen LogP contribution in [0.4, 0.5) is 0 Å². The second-order valence-electron chi connectivity index (χ2n) is 6.48. The summed E-state index contributed by atoms with van der Waals surface area (Å²) in [5, 5.41) is 11.6. The molecule has 7 heteroatoms. The van der Waals surface area contributed by atoms with Gasteiger partial charge in [0.15, 0.2) is 0 Å². The van der Waals surface area contributed by atoms with Crippen LogP contribution in [0.15, 0.2) is 53.4 Å². The highest BCUT2D eigenvalue weighted by Gasteiger charge is 2.26. The molecule has 1 aliphatic heterocycles. The predicted molar refractivity (Wildman–Crippen MR) is 101 cm³/mol. The van der Waals surface area contributed by atoms with Gasteiger partial charge in [0.05, 0.1) is 16.5 Å². The largest absolute Gasteiger partial charge is 0.348 e. The summed E-state index contributed by atoms with van der Waals surface area (Å²) in [5.41, 5.74) is 1.72. The number of carbonyl (C=O) groups excluding carboxylic acids is 1. The zero-order chi connectivity index (χ0) is 19.3. The van der Waals surface area contributed by atoms with Gasteiger partial charge in [0.2, 0.25) is 10.0 Å². The number of amides is 1. The first kappa shape index (κ1) is 19.1. The lowest BCUT2D eigenvalue weighted by Crippen LogP contribution is -2.35. The topological polar surface area (TPSA) is 90.3 Å². The quantitative estimate of drug-likeness (QED) is 0.859. The normalized spacial score (nSPS) is 15.1. The van der Waals surface area contributed by atoms with E-state index in [2.05, 4.69) is 5.32 Å². The van der Waals surface area contributed by atoms with E-state index in [1.165, 1.54) is 16.4 Å². The molecule has 0 aliphatic carbocycles. The number of nitrogens with one attached hydrogen (secondary N) is 1. The first-order chi connectivity index (χ1) is 13.0. The molecule has 3 rings (SSSR count). The third-order valence-electron chi connectivity index (χ3n) is 4.59. The van der Waals surface area contributed by atoms with Crippen LogP contribution in [0.1, 0.15) is 40.7 Å². The summed E-state index contributed by atoms with van der Waals surface area (Å²) in [5.74, 6) is -0.338. The fourth-order valence-electron chi connectivity index (χ4n) is 3.03. The maximum atomic E-state index is 12.8. The fourth-order valence-corrected chi connectivity index (χ4v) is 4.60. The van der Waals surface area contributed by atoms with Crippen molar-refractivity contribution < 1.29 is 13.2 Å². The fraction of sp³-hybridized carbons (Fsp3) is 0.300. The van der Waals surface area contributed by atoms with E-state index < -0.39 is 10.0 Å². The molecule has 1 N–H and O–H groups in total. The van der Waals surface area contributed by atoms with Crippen LogP contribution >= 0.6 is 0 Å². The monoisotopic (exact) mass is 383 g/mol. The first-order valence-electron chi connectivity index (χ1n) is 8.88. The summed E-state index contributed by atoms with van der Waals surface area (Å²) < 4.78 is 27.0. The number of rotatable bonds is 5. The van der Waals surface area contributed by atoms with Crippen molar-refractivity contribution >= 4 is 15.9 Å². The van der Waals surface area contributed by atoms with E-state index >= 15 is 0 Å². The van der Waals surface area contributed by atoms with Gasteiger partial charge in [0, 0.05) is 25.2 Å². The summed E-state index contributed by atoms with van der Waals surface area (Å²) in [4.78, 5) is 12.6. The molecule has 0 radical (unpaired) electrons. The van der Waals surface area contributed by atoms with Crippen LogP contribution < -0.4 is 5.32 Å². The minimum absolute atomic E-state index is 0.149. The Morgan fingerprint density at radius 1 is 1.07 bits per heavy atom. The van der Waals surface area contributed by atoms with E-state index in [0.29, 0.717) is 30.8 Å². The van der Waals surface area contributed by atoms with E-state index in [1.54, 1.807) is 36.4 Å². The molecule has 2 aromatic carbocycles. The van der Waals surface area contributed by atoms with Crippen molar-refractivity contribution in [1.29, 1.82) is 5.26 Å². The SMILES string of the molecule is N#Cc1ccc(CNC(=O)c2cccc(S(=O)(=O)N3CCCCC3)c2)cc1. The molecule has 0 bridgehead atoms. The lowest BCUT2D eigenvalue weighted by Gasteiger charge is -2.26. The molecule has 0 unspecified atom stereocenters. The summed E-state index contributed by atoms with van der Waals surface area (Å²) in [6, 6.07) is 15.1. The van der Waals surface area contributed by atoms with E-state index in [1.807, 2.05) is 6.07 Å². The van der Waals surface area contributed by atoms with Crippen LogP contribution in [-0.2, 0) is 16.6 Å². The van der Waals surface area contributed by atoms with E-state index in [4.69, 9.17) is 5.26 Å². The van der Waals surface area contributed by atoms with Crippen molar-refractivity contribution in [2.45, 2.75) is 30.7 Å². The molecule has 1 amide bonds. The lowest BCUT2D eigenvalue weighted by atomic mass is 10.1. The molecule has 1 saturated heterocycles. The lowest BCUT2D eigenvalue weighted by molar-refractivity contribution is 0.0950. The van der Waals surface area contributed by atoms with Gasteiger partial charge in [-0.25, -0.2) is 8.42 Å². The van der Waals surface area contributed by atoms with Crippen LogP contribution in [0.2, 0.25) is 0 Å². The summed E-state index contributed by atoms with van der Waals surface area (Å²) in [7, 11) is -3.57. The van der Waals surface area contributed by atoms with Crippen molar-refractivity contribution in [3.8, 4) is 6.07 Å². The van der Waals surface area contributed by atoms with E-state index in [0.717, 1.165) is 24.8 Å². The number of piperidine rings is 1. The minimum Gasteiger partial charge on any atom is -0.348 e. The van der Waals surface area contributed by atoms with Gasteiger partial charge in [-0.1, -0.05) is 24.6 Å². The number of hydrogen-bond donors (Lipinski definition) is 1. The van der Waals surface area contributed by atoms with Gasteiger partial charge >= 0.3 is 0 Å². The van der Waals surface area contributed by atoms with Gasteiger partial charge < -0.3 is 5.32 Å². The molecule has 0 atom stereocenters. The Morgan fingerprint density at radius 2 is 1.78 bits per heavy atom. The number of benzene rings is 2. The van der Waals surface area contributed by atoms with Gasteiger partial charge in [-0.05, 0) is 48.7 Å². The molecule has 1 fully saturated rings. The highest BCUT2D eigenvalue weighted by Crippen LogP contribution is 2.21. The Morgan fingerprint density at radius 3 is 2.44 bits per heavy atom. The third kappa shape index (κ3) is 4.54. The number of sulfonamides is 1. The number of carbonyl (C=O) groups is 1. The van der Waals surface area contributed by atoms with Gasteiger partial charge in [0.1, 0.15) is 0 Å². The second-order valence-corrected chi connectivity index (χ2v) is 8.42. The Bertz CT molecular complexity index is 957. The van der Waals surface area contributed by atoms with Gasteiger partial charge in [-0.15, -0.1) is 0 Å². The predicted octanol–water partition coefficient (Wildman–Crippen LogP) is 2.66.